The minimum atomic E-state index is -0.430. The van der Waals surface area contributed by atoms with E-state index in [9.17, 15) is 9.59 Å². The van der Waals surface area contributed by atoms with Crippen molar-refractivity contribution >= 4 is 12.0 Å². The van der Waals surface area contributed by atoms with Crippen LogP contribution in [-0.2, 0) is 9.53 Å². The van der Waals surface area contributed by atoms with Crippen molar-refractivity contribution in [1.29, 1.82) is 0 Å². The Hall–Kier alpha value is -1.30. The highest BCUT2D eigenvalue weighted by atomic mass is 16.6. The van der Waals surface area contributed by atoms with Gasteiger partial charge in [0.15, 0.2) is 0 Å². The van der Waals surface area contributed by atoms with E-state index in [2.05, 4.69) is 9.80 Å². The molecule has 0 N–H and O–H groups in total. The molecule has 164 valence electrons. The molecule has 1 saturated carbocycles. The predicted octanol–water partition coefficient (Wildman–Crippen LogP) is 3.64. The van der Waals surface area contributed by atoms with Crippen LogP contribution in [0.25, 0.3) is 0 Å². The largest absolute Gasteiger partial charge is 0.444 e. The van der Waals surface area contributed by atoms with Gasteiger partial charge in [0.2, 0.25) is 5.91 Å². The molecule has 1 aliphatic carbocycles. The minimum Gasteiger partial charge on any atom is -0.444 e. The monoisotopic (exact) mass is 405 g/mol. The number of amides is 2. The topological polar surface area (TPSA) is 53.1 Å². The number of nitrogens with zero attached hydrogens (tertiary/aromatic N) is 3. The second-order valence-electron chi connectivity index (χ2n) is 10.6. The van der Waals surface area contributed by atoms with Crippen molar-refractivity contribution in [2.24, 2.45) is 5.92 Å². The van der Waals surface area contributed by atoms with Crippen molar-refractivity contribution < 1.29 is 14.3 Å². The van der Waals surface area contributed by atoms with E-state index in [0.29, 0.717) is 30.0 Å². The summed E-state index contributed by atoms with van der Waals surface area (Å²) in [5.74, 6) is 1.05. The molecule has 0 unspecified atom stereocenters. The molecule has 0 radical (unpaired) electrons. The summed E-state index contributed by atoms with van der Waals surface area (Å²) in [6.07, 6.45) is 9.97. The quantitative estimate of drug-likeness (QED) is 0.704. The Labute approximate surface area is 175 Å². The normalized spacial score (nSPS) is 30.5. The van der Waals surface area contributed by atoms with Crippen LogP contribution >= 0.6 is 0 Å². The van der Waals surface area contributed by atoms with E-state index in [1.807, 2.05) is 25.7 Å². The van der Waals surface area contributed by atoms with Gasteiger partial charge in [0.25, 0.3) is 0 Å². The zero-order valence-electron chi connectivity index (χ0n) is 18.6. The summed E-state index contributed by atoms with van der Waals surface area (Å²) in [6, 6.07) is 1.55. The number of hydrogen-bond acceptors (Lipinski definition) is 4. The summed E-state index contributed by atoms with van der Waals surface area (Å²) >= 11 is 0. The predicted molar refractivity (Wildman–Crippen MR) is 113 cm³/mol. The van der Waals surface area contributed by atoms with Gasteiger partial charge >= 0.3 is 6.09 Å². The van der Waals surface area contributed by atoms with Crippen LogP contribution in [0.4, 0.5) is 4.79 Å². The molecular weight excluding hydrogens is 366 g/mol. The fourth-order valence-electron chi connectivity index (χ4n) is 6.05. The smallest absolute Gasteiger partial charge is 0.410 e. The third kappa shape index (κ3) is 4.73. The van der Waals surface area contributed by atoms with Crippen molar-refractivity contribution in [3.05, 3.63) is 0 Å². The lowest BCUT2D eigenvalue weighted by atomic mass is 9.84. The number of rotatable bonds is 2. The average molecular weight is 406 g/mol. The maximum Gasteiger partial charge on any atom is 0.410 e. The molecule has 0 aromatic rings. The summed E-state index contributed by atoms with van der Waals surface area (Å²) < 4.78 is 5.52. The second-order valence-corrected chi connectivity index (χ2v) is 10.6. The van der Waals surface area contributed by atoms with E-state index in [1.54, 1.807) is 0 Å². The molecule has 0 aromatic heterocycles. The Bertz CT molecular complexity index is 601. The van der Waals surface area contributed by atoms with Crippen molar-refractivity contribution in [2.75, 3.05) is 26.2 Å². The van der Waals surface area contributed by atoms with Gasteiger partial charge in [-0.15, -0.1) is 0 Å². The highest BCUT2D eigenvalue weighted by Crippen LogP contribution is 2.39. The first-order valence-corrected chi connectivity index (χ1v) is 11.8. The van der Waals surface area contributed by atoms with Crippen LogP contribution in [0.15, 0.2) is 0 Å². The standard InChI is InChI=1S/C23H39N3O3/c1-23(2,3)29-22(28)25-14-8-18(9-15-25)24-12-10-19(11-13-24)26-20-7-5-4-6-17(20)16-21(26)27/h17-20H,4-16H2,1-3H3/t17-,20+/m1/s1. The Morgan fingerprint density at radius 3 is 2.17 bits per heavy atom. The van der Waals surface area contributed by atoms with E-state index in [0.717, 1.165) is 58.3 Å². The number of fused-ring (bicyclic) bond motifs is 1. The van der Waals surface area contributed by atoms with Gasteiger partial charge in [-0.05, 0) is 65.2 Å². The first kappa shape index (κ1) is 21.0. The summed E-state index contributed by atoms with van der Waals surface area (Å²) in [7, 11) is 0. The van der Waals surface area contributed by atoms with Crippen molar-refractivity contribution in [3.63, 3.8) is 0 Å². The van der Waals surface area contributed by atoms with Crippen LogP contribution in [0.5, 0.6) is 0 Å². The molecule has 0 aromatic carbocycles. The highest BCUT2D eigenvalue weighted by Gasteiger charge is 2.44. The fraction of sp³-hybridized carbons (Fsp3) is 0.913. The fourth-order valence-corrected chi connectivity index (χ4v) is 6.05. The van der Waals surface area contributed by atoms with E-state index in [1.165, 1.54) is 25.7 Å². The van der Waals surface area contributed by atoms with E-state index in [-0.39, 0.29) is 6.09 Å². The van der Waals surface area contributed by atoms with Gasteiger partial charge in [0.05, 0.1) is 0 Å². The zero-order chi connectivity index (χ0) is 20.6. The molecule has 6 nitrogen and oxygen atoms in total. The Morgan fingerprint density at radius 2 is 1.52 bits per heavy atom. The second kappa shape index (κ2) is 8.44. The van der Waals surface area contributed by atoms with Gasteiger partial charge in [0, 0.05) is 50.7 Å². The number of likely N-dealkylation sites (tertiary alicyclic amines) is 3. The number of carbonyl (C=O) groups excluding carboxylic acids is 2. The maximum atomic E-state index is 12.7. The van der Waals surface area contributed by atoms with Gasteiger partial charge < -0.3 is 19.4 Å². The average Bonchev–Trinajstić information content (AvgIpc) is 3.02. The number of carbonyl (C=O) groups is 2. The number of ether oxygens (including phenoxy) is 1. The van der Waals surface area contributed by atoms with Gasteiger partial charge in [-0.1, -0.05) is 12.8 Å². The van der Waals surface area contributed by atoms with Crippen LogP contribution in [0.3, 0.4) is 0 Å². The first-order valence-electron chi connectivity index (χ1n) is 11.8. The third-order valence-corrected chi connectivity index (χ3v) is 7.48. The Kier molecular flexibility index (Phi) is 6.10. The van der Waals surface area contributed by atoms with Crippen LogP contribution in [0.2, 0.25) is 0 Å². The first-order chi connectivity index (χ1) is 13.8. The van der Waals surface area contributed by atoms with E-state index < -0.39 is 5.60 Å². The lowest BCUT2D eigenvalue weighted by molar-refractivity contribution is -0.132. The SMILES string of the molecule is CC(C)(C)OC(=O)N1CCC(N2CCC(N3C(=O)C[C@H]4CCCC[C@@H]43)CC2)CC1. The Balaban J connectivity index is 1.24. The van der Waals surface area contributed by atoms with Gasteiger partial charge in [-0.3, -0.25) is 4.79 Å². The Morgan fingerprint density at radius 1 is 0.897 bits per heavy atom. The molecule has 2 amide bonds. The number of piperidine rings is 2. The van der Waals surface area contributed by atoms with Crippen LogP contribution in [0, 0.1) is 5.92 Å². The summed E-state index contributed by atoms with van der Waals surface area (Å²) in [5.41, 5.74) is -0.430. The van der Waals surface area contributed by atoms with Crippen molar-refractivity contribution in [1.82, 2.24) is 14.7 Å². The zero-order valence-corrected chi connectivity index (χ0v) is 18.6. The summed E-state index contributed by atoms with van der Waals surface area (Å²) in [4.78, 5) is 31.8. The van der Waals surface area contributed by atoms with Crippen LogP contribution < -0.4 is 0 Å². The molecule has 3 heterocycles. The molecule has 29 heavy (non-hydrogen) atoms. The molecule has 3 saturated heterocycles. The lowest BCUT2D eigenvalue weighted by Gasteiger charge is -2.45. The van der Waals surface area contributed by atoms with Crippen LogP contribution in [0.1, 0.15) is 78.6 Å². The molecule has 4 aliphatic rings. The van der Waals surface area contributed by atoms with E-state index >= 15 is 0 Å². The van der Waals surface area contributed by atoms with Crippen molar-refractivity contribution in [3.8, 4) is 0 Å². The molecule has 4 rings (SSSR count). The molecular formula is C23H39N3O3. The maximum absolute atomic E-state index is 12.7. The van der Waals surface area contributed by atoms with Gasteiger partial charge in [-0.25, -0.2) is 4.79 Å². The van der Waals surface area contributed by atoms with Gasteiger partial charge in [-0.2, -0.15) is 0 Å². The molecule has 0 spiro atoms. The molecule has 6 heteroatoms. The molecule has 0 bridgehead atoms. The van der Waals surface area contributed by atoms with Crippen LogP contribution in [-0.4, -0.2) is 76.6 Å². The van der Waals surface area contributed by atoms with Gasteiger partial charge in [0.1, 0.15) is 5.60 Å². The lowest BCUT2D eigenvalue weighted by Crippen LogP contribution is -2.53. The van der Waals surface area contributed by atoms with E-state index in [4.69, 9.17) is 4.74 Å². The molecule has 4 fully saturated rings. The van der Waals surface area contributed by atoms with Crippen molar-refractivity contribution in [2.45, 2.75) is 102 Å². The summed E-state index contributed by atoms with van der Waals surface area (Å²) in [6.45, 7) is 9.50. The molecule has 2 atom stereocenters. The summed E-state index contributed by atoms with van der Waals surface area (Å²) in [5, 5.41) is 0. The molecule has 3 aliphatic heterocycles. The third-order valence-electron chi connectivity index (χ3n) is 7.48. The minimum absolute atomic E-state index is 0.177. The highest BCUT2D eigenvalue weighted by molar-refractivity contribution is 5.79. The number of hydrogen-bond donors (Lipinski definition) is 0.